The Morgan fingerprint density at radius 1 is 1.38 bits per heavy atom. The molecule has 0 aromatic carbocycles. The fraction of sp³-hybridized carbons (Fsp3) is 1.00. The van der Waals surface area contributed by atoms with E-state index in [2.05, 4.69) is 5.32 Å². The van der Waals surface area contributed by atoms with Crippen molar-refractivity contribution >= 4 is 12.4 Å². The molecule has 0 amide bonds. The SMILES string of the molecule is C[C@@]1(CO)NC[C@H](O)[C@@H](O)[C@@H]1O.Cl. The molecule has 4 atom stereocenters. The molecule has 0 bridgehead atoms. The van der Waals surface area contributed by atoms with E-state index in [0.717, 1.165) is 0 Å². The van der Waals surface area contributed by atoms with Gasteiger partial charge in [0.1, 0.15) is 12.2 Å². The van der Waals surface area contributed by atoms with E-state index in [-0.39, 0.29) is 25.6 Å². The highest BCUT2D eigenvalue weighted by Crippen LogP contribution is 2.19. The number of nitrogens with one attached hydrogen (secondary N) is 1. The summed E-state index contributed by atoms with van der Waals surface area (Å²) in [7, 11) is 0. The number of hydrogen-bond acceptors (Lipinski definition) is 5. The Labute approximate surface area is 82.8 Å². The summed E-state index contributed by atoms with van der Waals surface area (Å²) in [5, 5.41) is 39.5. The van der Waals surface area contributed by atoms with Crippen molar-refractivity contribution in [2.24, 2.45) is 0 Å². The first-order valence-corrected chi connectivity index (χ1v) is 3.91. The average Bonchev–Trinajstić information content (AvgIpc) is 2.09. The Kier molecular flexibility index (Phi) is 4.58. The maximum atomic E-state index is 9.43. The zero-order valence-electron chi connectivity index (χ0n) is 7.34. The largest absolute Gasteiger partial charge is 0.394 e. The molecule has 1 saturated heterocycles. The molecule has 13 heavy (non-hydrogen) atoms. The van der Waals surface area contributed by atoms with E-state index in [4.69, 9.17) is 10.2 Å². The smallest absolute Gasteiger partial charge is 0.109 e. The van der Waals surface area contributed by atoms with E-state index >= 15 is 0 Å². The topological polar surface area (TPSA) is 93.0 Å². The Morgan fingerprint density at radius 3 is 2.38 bits per heavy atom. The van der Waals surface area contributed by atoms with Gasteiger partial charge in [-0.25, -0.2) is 0 Å². The molecular weight excluding hydrogens is 198 g/mol. The second-order valence-corrected chi connectivity index (χ2v) is 3.46. The van der Waals surface area contributed by atoms with Crippen LogP contribution in [-0.2, 0) is 0 Å². The van der Waals surface area contributed by atoms with Crippen LogP contribution >= 0.6 is 12.4 Å². The normalized spacial score (nSPS) is 45.5. The Morgan fingerprint density at radius 2 is 1.92 bits per heavy atom. The maximum Gasteiger partial charge on any atom is 0.109 e. The van der Waals surface area contributed by atoms with Gasteiger partial charge < -0.3 is 25.7 Å². The summed E-state index contributed by atoms with van der Waals surface area (Å²) in [6.07, 6.45) is -3.31. The summed E-state index contributed by atoms with van der Waals surface area (Å²) < 4.78 is 0. The van der Waals surface area contributed by atoms with Crippen molar-refractivity contribution in [2.75, 3.05) is 13.2 Å². The quantitative estimate of drug-likeness (QED) is 0.342. The lowest BCUT2D eigenvalue weighted by atomic mass is 9.85. The Balaban J connectivity index is 0.00000144. The molecule has 0 saturated carbocycles. The number of β-amino-alcohol motifs (C(OH)–C–C–N with tert-alkyl or cyclic N) is 1. The van der Waals surface area contributed by atoms with Crippen LogP contribution in [0.25, 0.3) is 0 Å². The minimum Gasteiger partial charge on any atom is -0.394 e. The summed E-state index contributed by atoms with van der Waals surface area (Å²) in [6.45, 7) is 1.49. The van der Waals surface area contributed by atoms with E-state index in [1.807, 2.05) is 0 Å². The highest BCUT2D eigenvalue weighted by atomic mass is 35.5. The molecular formula is C7H16ClNO4. The average molecular weight is 214 g/mol. The molecule has 0 aromatic heterocycles. The van der Waals surface area contributed by atoms with Crippen LogP contribution in [0.2, 0.25) is 0 Å². The van der Waals surface area contributed by atoms with Crippen LogP contribution in [0.5, 0.6) is 0 Å². The predicted molar refractivity (Wildman–Crippen MR) is 48.8 cm³/mol. The number of rotatable bonds is 1. The monoisotopic (exact) mass is 213 g/mol. The maximum absolute atomic E-state index is 9.43. The van der Waals surface area contributed by atoms with E-state index < -0.39 is 23.9 Å². The third-order valence-corrected chi connectivity index (χ3v) is 2.41. The molecule has 0 spiro atoms. The first-order chi connectivity index (χ1) is 5.51. The number of aliphatic hydroxyl groups excluding tert-OH is 4. The number of hydrogen-bond donors (Lipinski definition) is 5. The lowest BCUT2D eigenvalue weighted by Crippen LogP contribution is -2.68. The molecule has 1 aliphatic rings. The highest BCUT2D eigenvalue weighted by molar-refractivity contribution is 5.85. The summed E-state index contributed by atoms with van der Waals surface area (Å²) in [5.41, 5.74) is -0.918. The molecule has 1 aliphatic heterocycles. The van der Waals surface area contributed by atoms with Crippen molar-refractivity contribution in [2.45, 2.75) is 30.8 Å². The van der Waals surface area contributed by atoms with E-state index in [0.29, 0.717) is 0 Å². The third-order valence-electron chi connectivity index (χ3n) is 2.41. The van der Waals surface area contributed by atoms with Gasteiger partial charge in [0.15, 0.2) is 0 Å². The minimum atomic E-state index is -1.19. The number of halogens is 1. The first-order valence-electron chi connectivity index (χ1n) is 3.91. The van der Waals surface area contributed by atoms with Gasteiger partial charge in [-0.15, -0.1) is 12.4 Å². The molecule has 0 unspecified atom stereocenters. The number of piperidine rings is 1. The minimum absolute atomic E-state index is 0. The van der Waals surface area contributed by atoms with Crippen LogP contribution in [0.4, 0.5) is 0 Å². The molecule has 5 N–H and O–H groups in total. The van der Waals surface area contributed by atoms with E-state index in [1.165, 1.54) is 0 Å². The molecule has 1 fully saturated rings. The van der Waals surface area contributed by atoms with Gasteiger partial charge in [0.25, 0.3) is 0 Å². The fourth-order valence-electron chi connectivity index (χ4n) is 1.30. The van der Waals surface area contributed by atoms with Gasteiger partial charge in [0.2, 0.25) is 0 Å². The molecule has 1 heterocycles. The zero-order chi connectivity index (χ0) is 9.35. The summed E-state index contributed by atoms with van der Waals surface area (Å²) in [4.78, 5) is 0. The van der Waals surface area contributed by atoms with Crippen molar-refractivity contribution < 1.29 is 20.4 Å². The van der Waals surface area contributed by atoms with Gasteiger partial charge in [-0.2, -0.15) is 0 Å². The van der Waals surface area contributed by atoms with Gasteiger partial charge in [0.05, 0.1) is 18.2 Å². The van der Waals surface area contributed by atoms with Crippen LogP contribution in [-0.4, -0.2) is 57.4 Å². The Hall–Kier alpha value is 0.0900. The second kappa shape index (κ2) is 4.54. The number of aliphatic hydroxyl groups is 4. The molecule has 0 aromatic rings. The molecule has 5 nitrogen and oxygen atoms in total. The standard InChI is InChI=1S/C7H15NO4.ClH/c1-7(3-9)6(12)5(11)4(10)2-8-7;/h4-6,8-12H,2-3H2,1H3;1H/t4-,5+,6-,7-;/m0./s1. The molecule has 6 heteroatoms. The first kappa shape index (κ1) is 13.1. The van der Waals surface area contributed by atoms with Crippen LogP contribution in [0.3, 0.4) is 0 Å². The van der Waals surface area contributed by atoms with Gasteiger partial charge in [-0.3, -0.25) is 0 Å². The molecule has 80 valence electrons. The lowest BCUT2D eigenvalue weighted by molar-refractivity contribution is -0.128. The van der Waals surface area contributed by atoms with Crippen LogP contribution in [0, 0.1) is 0 Å². The zero-order valence-corrected chi connectivity index (χ0v) is 8.16. The lowest BCUT2D eigenvalue weighted by Gasteiger charge is -2.43. The molecule has 0 radical (unpaired) electrons. The second-order valence-electron chi connectivity index (χ2n) is 3.46. The van der Waals surface area contributed by atoms with Crippen molar-refractivity contribution in [3.05, 3.63) is 0 Å². The van der Waals surface area contributed by atoms with Crippen molar-refractivity contribution in [3.63, 3.8) is 0 Å². The van der Waals surface area contributed by atoms with Crippen molar-refractivity contribution in [1.29, 1.82) is 0 Å². The Bertz CT molecular complexity index is 171. The van der Waals surface area contributed by atoms with Crippen molar-refractivity contribution in [3.8, 4) is 0 Å². The predicted octanol–water partition coefficient (Wildman–Crippen LogP) is -2.15. The van der Waals surface area contributed by atoms with Gasteiger partial charge in [-0.05, 0) is 6.92 Å². The van der Waals surface area contributed by atoms with Gasteiger partial charge >= 0.3 is 0 Å². The van der Waals surface area contributed by atoms with Crippen molar-refractivity contribution in [1.82, 2.24) is 5.32 Å². The van der Waals surface area contributed by atoms with E-state index in [1.54, 1.807) is 6.92 Å². The summed E-state index contributed by atoms with van der Waals surface area (Å²) >= 11 is 0. The van der Waals surface area contributed by atoms with Crippen LogP contribution < -0.4 is 5.32 Å². The van der Waals surface area contributed by atoms with Gasteiger partial charge in [0, 0.05) is 6.54 Å². The highest BCUT2D eigenvalue weighted by Gasteiger charge is 2.44. The third kappa shape index (κ3) is 2.31. The van der Waals surface area contributed by atoms with Gasteiger partial charge in [-0.1, -0.05) is 0 Å². The van der Waals surface area contributed by atoms with Crippen LogP contribution in [0.15, 0.2) is 0 Å². The fourth-order valence-corrected chi connectivity index (χ4v) is 1.30. The summed E-state index contributed by atoms with van der Waals surface area (Å²) in [6, 6.07) is 0. The van der Waals surface area contributed by atoms with Crippen LogP contribution in [0.1, 0.15) is 6.92 Å². The van der Waals surface area contributed by atoms with E-state index in [9.17, 15) is 10.2 Å². The molecule has 0 aliphatic carbocycles. The molecule has 1 rings (SSSR count). The summed E-state index contributed by atoms with van der Waals surface area (Å²) in [5.74, 6) is 0.